The molecule has 1 fully saturated rings. The molecule has 3 aromatic rings. The largest absolute Gasteiger partial charge is 0.396 e. The van der Waals surface area contributed by atoms with Gasteiger partial charge in [0.25, 0.3) is 0 Å². The molecule has 3 aromatic heterocycles. The van der Waals surface area contributed by atoms with E-state index in [4.69, 9.17) is 4.98 Å². The van der Waals surface area contributed by atoms with Crippen LogP contribution >= 0.6 is 15.9 Å². The molecule has 1 saturated carbocycles. The average Bonchev–Trinajstić information content (AvgIpc) is 3.09. The van der Waals surface area contributed by atoms with Crippen LogP contribution in [0.4, 0.5) is 11.6 Å². The van der Waals surface area contributed by atoms with Crippen LogP contribution < -0.4 is 10.2 Å². The van der Waals surface area contributed by atoms with Crippen LogP contribution in [0.25, 0.3) is 5.65 Å². The minimum absolute atomic E-state index is 0.211. The quantitative estimate of drug-likeness (QED) is 0.605. The Labute approximate surface area is 173 Å². The maximum atomic E-state index is 9.73. The fraction of sp³-hybridized carbons (Fsp3) is 0.450. The molecule has 0 radical (unpaired) electrons. The van der Waals surface area contributed by atoms with Crippen LogP contribution in [-0.2, 0) is 6.54 Å². The van der Waals surface area contributed by atoms with E-state index in [9.17, 15) is 5.11 Å². The van der Waals surface area contributed by atoms with Gasteiger partial charge in [0.05, 0.1) is 12.4 Å². The number of hydrogen-bond donors (Lipinski definition) is 2. The van der Waals surface area contributed by atoms with Gasteiger partial charge in [0.15, 0.2) is 11.5 Å². The predicted octanol–water partition coefficient (Wildman–Crippen LogP) is 3.49. The van der Waals surface area contributed by atoms with E-state index in [2.05, 4.69) is 42.2 Å². The smallest absolute Gasteiger partial charge is 0.181 e. The molecule has 1 aliphatic carbocycles. The summed E-state index contributed by atoms with van der Waals surface area (Å²) >= 11 is 3.58. The Balaban J connectivity index is 1.65. The molecule has 4 rings (SSSR count). The number of pyridine rings is 1. The molecule has 0 saturated heterocycles. The number of nitrogens with zero attached hydrogens (tertiary/aromatic N) is 5. The minimum atomic E-state index is 0.211. The fourth-order valence-electron chi connectivity index (χ4n) is 3.92. The van der Waals surface area contributed by atoms with Crippen molar-refractivity contribution in [3.05, 3.63) is 47.1 Å². The number of rotatable bonds is 6. The average molecular weight is 445 g/mol. The molecule has 0 bridgehead atoms. The van der Waals surface area contributed by atoms with E-state index >= 15 is 0 Å². The van der Waals surface area contributed by atoms with Gasteiger partial charge in [0, 0.05) is 44.6 Å². The molecule has 1 unspecified atom stereocenters. The van der Waals surface area contributed by atoms with Gasteiger partial charge in [-0.3, -0.25) is 9.38 Å². The van der Waals surface area contributed by atoms with Crippen LogP contribution in [0, 0.1) is 5.92 Å². The summed E-state index contributed by atoms with van der Waals surface area (Å²) in [5.74, 6) is 1.87. The molecule has 0 aromatic carbocycles. The van der Waals surface area contributed by atoms with Crippen LogP contribution in [-0.4, -0.2) is 44.2 Å². The molecule has 2 atom stereocenters. The van der Waals surface area contributed by atoms with Crippen LogP contribution in [0.3, 0.4) is 0 Å². The summed E-state index contributed by atoms with van der Waals surface area (Å²) in [5.41, 5.74) is 1.91. The Morgan fingerprint density at radius 2 is 2.18 bits per heavy atom. The van der Waals surface area contributed by atoms with E-state index in [1.54, 1.807) is 12.4 Å². The highest BCUT2D eigenvalue weighted by Gasteiger charge is 2.25. The predicted molar refractivity (Wildman–Crippen MR) is 113 cm³/mol. The van der Waals surface area contributed by atoms with Gasteiger partial charge >= 0.3 is 0 Å². The third kappa shape index (κ3) is 3.98. The summed E-state index contributed by atoms with van der Waals surface area (Å²) in [4.78, 5) is 15.7. The number of hydrogen-bond acceptors (Lipinski definition) is 6. The third-order valence-electron chi connectivity index (χ3n) is 5.41. The van der Waals surface area contributed by atoms with Gasteiger partial charge in [-0.2, -0.15) is 0 Å². The Hall–Kier alpha value is -2.19. The number of imidazole rings is 1. The summed E-state index contributed by atoms with van der Waals surface area (Å²) < 4.78 is 2.88. The summed E-state index contributed by atoms with van der Waals surface area (Å²) in [6, 6.07) is 4.23. The number of halogens is 1. The van der Waals surface area contributed by atoms with E-state index < -0.39 is 0 Å². The zero-order chi connectivity index (χ0) is 19.5. The molecule has 148 valence electrons. The van der Waals surface area contributed by atoms with Crippen molar-refractivity contribution >= 4 is 33.2 Å². The SMILES string of the molecule is CN(Cc1cccnc1)c1nc(NC2CCCC[C@@H]2CO)cn2c(Br)cnc12. The fourth-order valence-corrected chi connectivity index (χ4v) is 4.29. The summed E-state index contributed by atoms with van der Waals surface area (Å²) in [6.45, 7) is 0.898. The van der Waals surface area contributed by atoms with Crippen LogP contribution in [0.15, 0.2) is 41.5 Å². The second kappa shape index (κ2) is 8.45. The number of aliphatic hydroxyl groups is 1. The lowest BCUT2D eigenvalue weighted by molar-refractivity contribution is 0.178. The molecule has 2 N–H and O–H groups in total. The first-order valence-corrected chi connectivity index (χ1v) is 10.5. The maximum absolute atomic E-state index is 9.73. The van der Waals surface area contributed by atoms with Gasteiger partial charge in [0.1, 0.15) is 10.4 Å². The van der Waals surface area contributed by atoms with Crippen molar-refractivity contribution in [1.29, 1.82) is 0 Å². The standard InChI is InChI=1S/C20H25BrN6O/c1-26(11-14-5-4-8-22-9-14)20-19-23-10-17(21)27(19)12-18(25-20)24-16-7-3-2-6-15(16)13-28/h4-5,8-10,12,15-16,24,28H,2-3,6-7,11,13H2,1H3/t15-,16?/m1/s1. The summed E-state index contributed by atoms with van der Waals surface area (Å²) in [5, 5.41) is 13.3. The van der Waals surface area contributed by atoms with E-state index in [1.165, 1.54) is 12.8 Å². The van der Waals surface area contributed by atoms with Gasteiger partial charge in [-0.25, -0.2) is 9.97 Å². The molecular weight excluding hydrogens is 420 g/mol. The van der Waals surface area contributed by atoms with Crippen molar-refractivity contribution in [2.75, 3.05) is 23.9 Å². The molecule has 1 aliphatic rings. The lowest BCUT2D eigenvalue weighted by Gasteiger charge is -2.31. The lowest BCUT2D eigenvalue weighted by Crippen LogP contribution is -2.35. The van der Waals surface area contributed by atoms with Gasteiger partial charge < -0.3 is 15.3 Å². The Morgan fingerprint density at radius 1 is 1.32 bits per heavy atom. The van der Waals surface area contributed by atoms with Gasteiger partial charge in [0.2, 0.25) is 0 Å². The lowest BCUT2D eigenvalue weighted by atomic mass is 9.85. The van der Waals surface area contributed by atoms with Crippen molar-refractivity contribution < 1.29 is 5.11 Å². The summed E-state index contributed by atoms with van der Waals surface area (Å²) in [6.07, 6.45) is 11.9. The molecule has 0 spiro atoms. The molecule has 3 heterocycles. The highest BCUT2D eigenvalue weighted by molar-refractivity contribution is 9.10. The van der Waals surface area contributed by atoms with Crippen molar-refractivity contribution in [2.45, 2.75) is 38.3 Å². The second-order valence-corrected chi connectivity index (χ2v) is 8.23. The number of anilines is 2. The second-order valence-electron chi connectivity index (χ2n) is 7.42. The van der Waals surface area contributed by atoms with Crippen LogP contribution in [0.5, 0.6) is 0 Å². The normalized spacial score (nSPS) is 19.7. The monoisotopic (exact) mass is 444 g/mol. The molecule has 28 heavy (non-hydrogen) atoms. The van der Waals surface area contributed by atoms with Crippen LogP contribution in [0.1, 0.15) is 31.2 Å². The van der Waals surface area contributed by atoms with Gasteiger partial charge in [-0.15, -0.1) is 0 Å². The first kappa shape index (κ1) is 19.1. The highest BCUT2D eigenvalue weighted by Crippen LogP contribution is 2.29. The molecule has 8 heteroatoms. The van der Waals surface area contributed by atoms with E-state index in [-0.39, 0.29) is 18.6 Å². The summed E-state index contributed by atoms with van der Waals surface area (Å²) in [7, 11) is 2.01. The first-order valence-electron chi connectivity index (χ1n) is 9.66. The van der Waals surface area contributed by atoms with E-state index in [1.807, 2.05) is 29.9 Å². The topological polar surface area (TPSA) is 78.6 Å². The highest BCUT2D eigenvalue weighted by atomic mass is 79.9. The molecule has 7 nitrogen and oxygen atoms in total. The maximum Gasteiger partial charge on any atom is 0.181 e. The van der Waals surface area contributed by atoms with Gasteiger partial charge in [-0.1, -0.05) is 18.9 Å². The number of fused-ring (bicyclic) bond motifs is 1. The van der Waals surface area contributed by atoms with E-state index in [0.717, 1.165) is 40.3 Å². The number of aromatic nitrogens is 4. The minimum Gasteiger partial charge on any atom is -0.396 e. The Bertz CT molecular complexity index is 931. The van der Waals surface area contributed by atoms with Crippen molar-refractivity contribution in [1.82, 2.24) is 19.4 Å². The molecule has 0 amide bonds. The van der Waals surface area contributed by atoms with Crippen LogP contribution in [0.2, 0.25) is 0 Å². The number of aliphatic hydroxyl groups excluding tert-OH is 1. The number of nitrogens with one attached hydrogen (secondary N) is 1. The zero-order valence-electron chi connectivity index (χ0n) is 15.9. The third-order valence-corrected chi connectivity index (χ3v) is 6.00. The van der Waals surface area contributed by atoms with Crippen molar-refractivity contribution in [3.8, 4) is 0 Å². The Kier molecular flexibility index (Phi) is 5.77. The van der Waals surface area contributed by atoms with Crippen molar-refractivity contribution in [2.24, 2.45) is 5.92 Å². The molecule has 0 aliphatic heterocycles. The van der Waals surface area contributed by atoms with Gasteiger partial charge in [-0.05, 0) is 40.4 Å². The zero-order valence-corrected chi connectivity index (χ0v) is 17.5. The molecular formula is C20H25BrN6O. The first-order chi connectivity index (χ1) is 13.7. The van der Waals surface area contributed by atoms with E-state index in [0.29, 0.717) is 6.54 Å². The Morgan fingerprint density at radius 3 is 2.96 bits per heavy atom. The van der Waals surface area contributed by atoms with Crippen molar-refractivity contribution in [3.63, 3.8) is 0 Å².